The van der Waals surface area contributed by atoms with Gasteiger partial charge in [-0.25, -0.2) is 0 Å². The zero-order valence-corrected chi connectivity index (χ0v) is 11.8. The molecule has 1 fully saturated rings. The van der Waals surface area contributed by atoms with E-state index in [1.165, 1.54) is 37.9 Å². The predicted molar refractivity (Wildman–Crippen MR) is 84.3 cm³/mol. The summed E-state index contributed by atoms with van der Waals surface area (Å²) in [5.74, 6) is 0.730. The van der Waals surface area contributed by atoms with Crippen molar-refractivity contribution in [1.82, 2.24) is 0 Å². The van der Waals surface area contributed by atoms with Crippen LogP contribution >= 0.6 is 0 Å². The number of aryl methyl sites for hydroxylation is 1. The molecule has 0 unspecified atom stereocenters. The summed E-state index contributed by atoms with van der Waals surface area (Å²) in [5, 5.41) is 0. The van der Waals surface area contributed by atoms with Gasteiger partial charge in [-0.2, -0.15) is 0 Å². The lowest BCUT2D eigenvalue weighted by molar-refractivity contribution is 0.526. The maximum atomic E-state index is 2.65. The zero-order chi connectivity index (χ0) is 13.4. The third-order valence-electron chi connectivity index (χ3n) is 5.03. The third-order valence-corrected chi connectivity index (χ3v) is 5.03. The van der Waals surface area contributed by atoms with E-state index in [-0.39, 0.29) is 0 Å². The van der Waals surface area contributed by atoms with Crippen LogP contribution in [0, 0.1) is 0 Å². The fourth-order valence-corrected chi connectivity index (χ4v) is 4.14. The molecule has 2 aromatic rings. The number of fused-ring (bicyclic) bond motifs is 1. The number of anilines is 1. The normalized spacial score (nSPS) is 24.9. The molecule has 2 aliphatic rings. The van der Waals surface area contributed by atoms with Gasteiger partial charge in [0.15, 0.2) is 0 Å². The lowest BCUT2D eigenvalue weighted by Crippen LogP contribution is -2.33. The van der Waals surface area contributed by atoms with Crippen molar-refractivity contribution in [3.8, 4) is 0 Å². The maximum Gasteiger partial charge on any atom is 0.0368 e. The van der Waals surface area contributed by atoms with Crippen molar-refractivity contribution >= 4 is 5.69 Å². The van der Waals surface area contributed by atoms with Gasteiger partial charge in [0.1, 0.15) is 0 Å². The van der Waals surface area contributed by atoms with Crippen LogP contribution in [0.4, 0.5) is 5.69 Å². The number of nitrogens with zero attached hydrogens (tertiary/aromatic N) is 1. The van der Waals surface area contributed by atoms with Gasteiger partial charge in [-0.15, -0.1) is 0 Å². The number of para-hydroxylation sites is 1. The van der Waals surface area contributed by atoms with Crippen LogP contribution in [0.25, 0.3) is 0 Å². The summed E-state index contributed by atoms with van der Waals surface area (Å²) >= 11 is 0. The summed E-state index contributed by atoms with van der Waals surface area (Å²) in [4.78, 5) is 2.65. The quantitative estimate of drug-likeness (QED) is 0.777. The van der Waals surface area contributed by atoms with Crippen LogP contribution in [-0.4, -0.2) is 12.6 Å². The second-order valence-corrected chi connectivity index (χ2v) is 6.08. The average Bonchev–Trinajstić information content (AvgIpc) is 3.14. The molecule has 20 heavy (non-hydrogen) atoms. The van der Waals surface area contributed by atoms with Crippen LogP contribution in [0.3, 0.4) is 0 Å². The minimum Gasteiger partial charge on any atom is -0.368 e. The Morgan fingerprint density at radius 3 is 2.55 bits per heavy atom. The standard InChI is InChI=1S/C19H21N/c1-2-8-16(9-3-1)20-14-6-11-19(20)18-13-12-15-7-4-5-10-17(15)18/h1-5,7-10,18-19H,6,11-14H2/t18-,19-/m0/s1. The summed E-state index contributed by atoms with van der Waals surface area (Å²) in [7, 11) is 0. The maximum absolute atomic E-state index is 2.65. The molecule has 102 valence electrons. The molecule has 2 aromatic carbocycles. The Balaban J connectivity index is 1.66. The Kier molecular flexibility index (Phi) is 2.99. The van der Waals surface area contributed by atoms with Crippen LogP contribution in [0.2, 0.25) is 0 Å². The second kappa shape index (κ2) is 4.97. The Morgan fingerprint density at radius 2 is 1.65 bits per heavy atom. The van der Waals surface area contributed by atoms with Gasteiger partial charge < -0.3 is 4.90 Å². The largest absolute Gasteiger partial charge is 0.368 e. The first-order valence-corrected chi connectivity index (χ1v) is 7.83. The number of hydrogen-bond donors (Lipinski definition) is 0. The molecule has 0 spiro atoms. The van der Waals surface area contributed by atoms with Gasteiger partial charge in [-0.05, 0) is 48.9 Å². The van der Waals surface area contributed by atoms with Crippen molar-refractivity contribution in [2.75, 3.05) is 11.4 Å². The number of rotatable bonds is 2. The molecule has 0 amide bonds. The van der Waals surface area contributed by atoms with E-state index in [0.717, 1.165) is 5.92 Å². The van der Waals surface area contributed by atoms with Crippen LogP contribution in [0.15, 0.2) is 54.6 Å². The second-order valence-electron chi connectivity index (χ2n) is 6.08. The van der Waals surface area contributed by atoms with E-state index in [0.29, 0.717) is 6.04 Å². The number of benzene rings is 2. The molecule has 1 nitrogen and oxygen atoms in total. The van der Waals surface area contributed by atoms with Crippen molar-refractivity contribution in [2.45, 2.75) is 37.6 Å². The average molecular weight is 263 g/mol. The zero-order valence-electron chi connectivity index (χ0n) is 11.8. The lowest BCUT2D eigenvalue weighted by atomic mass is 9.91. The highest BCUT2D eigenvalue weighted by atomic mass is 15.2. The monoisotopic (exact) mass is 263 g/mol. The molecule has 0 bridgehead atoms. The third kappa shape index (κ3) is 1.93. The molecule has 2 atom stereocenters. The molecular formula is C19H21N. The summed E-state index contributed by atoms with van der Waals surface area (Å²) in [5.41, 5.74) is 4.59. The van der Waals surface area contributed by atoms with Gasteiger partial charge in [0, 0.05) is 24.2 Å². The van der Waals surface area contributed by atoms with E-state index < -0.39 is 0 Å². The van der Waals surface area contributed by atoms with Crippen LogP contribution in [0.1, 0.15) is 36.3 Å². The first kappa shape index (κ1) is 12.0. The van der Waals surface area contributed by atoms with Crippen LogP contribution in [-0.2, 0) is 6.42 Å². The summed E-state index contributed by atoms with van der Waals surface area (Å²) in [6, 6.07) is 20.7. The van der Waals surface area contributed by atoms with E-state index in [2.05, 4.69) is 59.5 Å². The lowest BCUT2D eigenvalue weighted by Gasteiger charge is -2.32. The van der Waals surface area contributed by atoms with Crippen molar-refractivity contribution in [3.05, 3.63) is 65.7 Å². The highest BCUT2D eigenvalue weighted by molar-refractivity contribution is 5.50. The summed E-state index contributed by atoms with van der Waals surface area (Å²) in [6.45, 7) is 1.22. The topological polar surface area (TPSA) is 3.24 Å². The van der Waals surface area contributed by atoms with Crippen LogP contribution in [0.5, 0.6) is 0 Å². The van der Waals surface area contributed by atoms with E-state index in [9.17, 15) is 0 Å². The molecular weight excluding hydrogens is 242 g/mol. The fraction of sp³-hybridized carbons (Fsp3) is 0.368. The molecule has 0 aromatic heterocycles. The van der Waals surface area contributed by atoms with Gasteiger partial charge in [0.2, 0.25) is 0 Å². The summed E-state index contributed by atoms with van der Waals surface area (Å²) in [6.07, 6.45) is 5.26. The molecule has 1 saturated heterocycles. The van der Waals surface area contributed by atoms with Crippen molar-refractivity contribution in [3.63, 3.8) is 0 Å². The Bertz CT molecular complexity index is 590. The predicted octanol–water partition coefficient (Wildman–Crippen LogP) is 4.39. The first-order valence-electron chi connectivity index (χ1n) is 7.83. The minimum absolute atomic E-state index is 0.695. The first-order chi connectivity index (χ1) is 9.93. The highest BCUT2D eigenvalue weighted by Crippen LogP contribution is 2.42. The Labute approximate surface area is 121 Å². The molecule has 0 radical (unpaired) electrons. The number of hydrogen-bond acceptors (Lipinski definition) is 1. The minimum atomic E-state index is 0.695. The molecule has 0 N–H and O–H groups in total. The van der Waals surface area contributed by atoms with Gasteiger partial charge in [-0.1, -0.05) is 42.5 Å². The molecule has 1 aliphatic carbocycles. The molecule has 0 saturated carbocycles. The van der Waals surface area contributed by atoms with Gasteiger partial charge >= 0.3 is 0 Å². The van der Waals surface area contributed by atoms with E-state index in [4.69, 9.17) is 0 Å². The highest BCUT2D eigenvalue weighted by Gasteiger charge is 2.35. The smallest absolute Gasteiger partial charge is 0.0368 e. The molecule has 4 rings (SSSR count). The summed E-state index contributed by atoms with van der Waals surface area (Å²) < 4.78 is 0. The van der Waals surface area contributed by atoms with E-state index >= 15 is 0 Å². The fourth-order valence-electron chi connectivity index (χ4n) is 4.14. The van der Waals surface area contributed by atoms with Crippen molar-refractivity contribution in [1.29, 1.82) is 0 Å². The van der Waals surface area contributed by atoms with Gasteiger partial charge in [0.05, 0.1) is 0 Å². The molecule has 1 heteroatoms. The Morgan fingerprint density at radius 1 is 0.850 bits per heavy atom. The Hall–Kier alpha value is -1.76. The van der Waals surface area contributed by atoms with E-state index in [1.807, 2.05) is 0 Å². The van der Waals surface area contributed by atoms with Gasteiger partial charge in [-0.3, -0.25) is 0 Å². The van der Waals surface area contributed by atoms with E-state index in [1.54, 1.807) is 11.1 Å². The van der Waals surface area contributed by atoms with Crippen LogP contribution < -0.4 is 4.90 Å². The van der Waals surface area contributed by atoms with Crippen molar-refractivity contribution < 1.29 is 0 Å². The van der Waals surface area contributed by atoms with Gasteiger partial charge in [0.25, 0.3) is 0 Å². The van der Waals surface area contributed by atoms with Crippen molar-refractivity contribution in [2.24, 2.45) is 0 Å². The molecule has 1 heterocycles. The SMILES string of the molecule is c1ccc(N2CCC[C@H]2[C@H]2CCc3ccccc32)cc1. The molecule has 1 aliphatic heterocycles.